The molecule has 2 fully saturated rings. The van der Waals surface area contributed by atoms with Gasteiger partial charge in [0.2, 0.25) is 0 Å². The van der Waals surface area contributed by atoms with Crippen LogP contribution in [0.15, 0.2) is 0 Å². The van der Waals surface area contributed by atoms with E-state index in [9.17, 15) is 39.9 Å². The topological polar surface area (TPSA) is 208 Å². The first-order chi connectivity index (χ1) is 15.0. The molecule has 0 spiro atoms. The van der Waals surface area contributed by atoms with Gasteiger partial charge in [0, 0.05) is 20.8 Å². The van der Waals surface area contributed by atoms with Crippen molar-refractivity contribution in [1.29, 1.82) is 0 Å². The molecule has 14 nitrogen and oxygen atoms in total. The van der Waals surface area contributed by atoms with Crippen molar-refractivity contribution in [1.82, 2.24) is 0 Å². The van der Waals surface area contributed by atoms with Gasteiger partial charge in [0.1, 0.15) is 30.5 Å². The first kappa shape index (κ1) is 26.3. The SMILES string of the molecule is CC(=O)O[C@@H]1[C@@H](OC(C)=O)[C@@H](O)O[C@H](CO[C@H]2O[C@H](CO)[C@@H](O)[C@H](O)[C@H]2O)[C@H]1OC(C)=O. The summed E-state index contributed by atoms with van der Waals surface area (Å²) in [5.74, 6) is -2.47. The van der Waals surface area contributed by atoms with Crippen molar-refractivity contribution in [3.63, 3.8) is 0 Å². The number of aliphatic hydroxyl groups excluding tert-OH is 5. The van der Waals surface area contributed by atoms with Gasteiger partial charge < -0.3 is 54.0 Å². The van der Waals surface area contributed by atoms with E-state index in [1.807, 2.05) is 0 Å². The fourth-order valence-electron chi connectivity index (χ4n) is 3.40. The van der Waals surface area contributed by atoms with Crippen molar-refractivity contribution in [2.24, 2.45) is 0 Å². The van der Waals surface area contributed by atoms with Crippen molar-refractivity contribution >= 4 is 17.9 Å². The number of aliphatic hydroxyl groups is 5. The van der Waals surface area contributed by atoms with Gasteiger partial charge >= 0.3 is 17.9 Å². The average molecular weight is 468 g/mol. The molecule has 0 aromatic carbocycles. The summed E-state index contributed by atoms with van der Waals surface area (Å²) in [6, 6.07) is 0. The molecule has 0 saturated carbocycles. The third-order valence-corrected chi connectivity index (χ3v) is 4.79. The number of hydrogen-bond acceptors (Lipinski definition) is 14. The number of rotatable bonds is 7. The second-order valence-electron chi connectivity index (χ2n) is 7.32. The molecule has 2 heterocycles. The minimum Gasteiger partial charge on any atom is -0.456 e. The van der Waals surface area contributed by atoms with Crippen molar-refractivity contribution < 1.29 is 68.3 Å². The van der Waals surface area contributed by atoms with Crippen LogP contribution < -0.4 is 0 Å². The Morgan fingerprint density at radius 2 is 1.25 bits per heavy atom. The fourth-order valence-corrected chi connectivity index (χ4v) is 3.40. The standard InChI is InChI=1S/C18H28O14/c1-6(20)28-14-10(5-27-18-13(25)12(24)11(23)9(4-19)32-18)31-17(26)16(30-8(3)22)15(14)29-7(2)21/h9-19,23-26H,4-5H2,1-3H3/t9-,10-,11-,12+,13-,14-,15+,16-,17+,18+/m1/s1. The summed E-state index contributed by atoms with van der Waals surface area (Å²) in [5.41, 5.74) is 0. The molecule has 0 amide bonds. The van der Waals surface area contributed by atoms with Crippen LogP contribution in [0.5, 0.6) is 0 Å². The summed E-state index contributed by atoms with van der Waals surface area (Å²) >= 11 is 0. The fraction of sp³-hybridized carbons (Fsp3) is 0.833. The van der Waals surface area contributed by atoms with Crippen molar-refractivity contribution in [3.05, 3.63) is 0 Å². The van der Waals surface area contributed by atoms with Crippen molar-refractivity contribution in [2.45, 2.75) is 82.2 Å². The van der Waals surface area contributed by atoms with E-state index in [1.165, 1.54) is 0 Å². The summed E-state index contributed by atoms with van der Waals surface area (Å²) in [6.45, 7) is 1.94. The Balaban J connectivity index is 2.21. The van der Waals surface area contributed by atoms with Crippen LogP contribution in [0.4, 0.5) is 0 Å². The first-order valence-electron chi connectivity index (χ1n) is 9.73. The molecule has 0 radical (unpaired) electrons. The molecule has 2 saturated heterocycles. The summed E-state index contributed by atoms with van der Waals surface area (Å²) in [6.07, 6.45) is -15.3. The largest absolute Gasteiger partial charge is 0.456 e. The van der Waals surface area contributed by atoms with Gasteiger partial charge in [-0.2, -0.15) is 0 Å². The second kappa shape index (κ2) is 11.3. The molecule has 2 aliphatic rings. The molecule has 10 atom stereocenters. The van der Waals surface area contributed by atoms with Crippen molar-refractivity contribution in [3.8, 4) is 0 Å². The summed E-state index contributed by atoms with van der Waals surface area (Å²) in [7, 11) is 0. The molecular formula is C18H28O14. The second-order valence-corrected chi connectivity index (χ2v) is 7.32. The Morgan fingerprint density at radius 1 is 0.719 bits per heavy atom. The molecule has 2 rings (SSSR count). The maximum Gasteiger partial charge on any atom is 0.303 e. The zero-order valence-electron chi connectivity index (χ0n) is 17.6. The lowest BCUT2D eigenvalue weighted by Crippen LogP contribution is -2.63. The van der Waals surface area contributed by atoms with Gasteiger partial charge in [0.05, 0.1) is 13.2 Å². The van der Waals surface area contributed by atoms with E-state index in [-0.39, 0.29) is 0 Å². The van der Waals surface area contributed by atoms with Crippen LogP contribution in [-0.4, -0.2) is 118 Å². The highest BCUT2D eigenvalue weighted by Gasteiger charge is 2.52. The third-order valence-electron chi connectivity index (χ3n) is 4.79. The summed E-state index contributed by atoms with van der Waals surface area (Å²) < 4.78 is 31.2. The number of carbonyl (C=O) groups is 3. The molecule has 0 aromatic rings. The number of esters is 3. The highest BCUT2D eigenvalue weighted by molar-refractivity contribution is 5.68. The molecule has 0 aromatic heterocycles. The molecule has 5 N–H and O–H groups in total. The van der Waals surface area contributed by atoms with E-state index in [1.54, 1.807) is 0 Å². The van der Waals surface area contributed by atoms with Crippen LogP contribution in [0.1, 0.15) is 20.8 Å². The quantitative estimate of drug-likeness (QED) is 0.180. The Labute approximate surface area is 182 Å². The van der Waals surface area contributed by atoms with Crippen LogP contribution in [0, 0.1) is 0 Å². The molecule has 184 valence electrons. The van der Waals surface area contributed by atoms with E-state index in [2.05, 4.69) is 0 Å². The molecule has 2 aliphatic heterocycles. The molecule has 0 bridgehead atoms. The maximum absolute atomic E-state index is 11.6. The monoisotopic (exact) mass is 468 g/mol. The van der Waals surface area contributed by atoms with Gasteiger partial charge in [-0.15, -0.1) is 0 Å². The molecule has 32 heavy (non-hydrogen) atoms. The van der Waals surface area contributed by atoms with Crippen LogP contribution in [0.3, 0.4) is 0 Å². The number of carbonyl (C=O) groups excluding carboxylic acids is 3. The lowest BCUT2D eigenvalue weighted by molar-refractivity contribution is -0.327. The Kier molecular flexibility index (Phi) is 9.29. The molecule has 0 aliphatic carbocycles. The smallest absolute Gasteiger partial charge is 0.303 e. The van der Waals surface area contributed by atoms with Crippen molar-refractivity contribution in [2.75, 3.05) is 13.2 Å². The number of ether oxygens (including phenoxy) is 6. The highest BCUT2D eigenvalue weighted by atomic mass is 16.7. The third kappa shape index (κ3) is 6.32. The average Bonchev–Trinajstić information content (AvgIpc) is 2.70. The number of hydrogen-bond donors (Lipinski definition) is 5. The van der Waals surface area contributed by atoms with Crippen LogP contribution in [-0.2, 0) is 42.8 Å². The highest BCUT2D eigenvalue weighted by Crippen LogP contribution is 2.29. The lowest BCUT2D eigenvalue weighted by Gasteiger charge is -2.44. The van der Waals surface area contributed by atoms with Gasteiger partial charge in [-0.25, -0.2) is 0 Å². The van der Waals surface area contributed by atoms with E-state index in [0.717, 1.165) is 20.8 Å². The zero-order chi connectivity index (χ0) is 24.2. The molecule has 0 unspecified atom stereocenters. The van der Waals surface area contributed by atoms with Gasteiger partial charge in [0.25, 0.3) is 0 Å². The minimum atomic E-state index is -1.81. The Morgan fingerprint density at radius 3 is 1.78 bits per heavy atom. The van der Waals surface area contributed by atoms with Gasteiger partial charge in [-0.05, 0) is 0 Å². The molecular weight excluding hydrogens is 440 g/mol. The summed E-state index contributed by atoms with van der Waals surface area (Å²) in [5, 5.41) is 49.3. The minimum absolute atomic E-state index is 0.539. The van der Waals surface area contributed by atoms with Gasteiger partial charge in [0.15, 0.2) is 30.9 Å². The van der Waals surface area contributed by atoms with Crippen LogP contribution in [0.2, 0.25) is 0 Å². The van der Waals surface area contributed by atoms with Gasteiger partial charge in [-0.1, -0.05) is 0 Å². The van der Waals surface area contributed by atoms with Crippen LogP contribution >= 0.6 is 0 Å². The Hall–Kier alpha value is -1.91. The first-order valence-corrected chi connectivity index (χ1v) is 9.73. The normalized spacial score (nSPS) is 39.8. The van der Waals surface area contributed by atoms with Gasteiger partial charge in [-0.3, -0.25) is 14.4 Å². The van der Waals surface area contributed by atoms with E-state index >= 15 is 0 Å². The van der Waals surface area contributed by atoms with E-state index in [4.69, 9.17) is 28.4 Å². The predicted molar refractivity (Wildman–Crippen MR) is 97.3 cm³/mol. The van der Waals surface area contributed by atoms with E-state index in [0.29, 0.717) is 0 Å². The predicted octanol–water partition coefficient (Wildman–Crippen LogP) is -3.68. The lowest BCUT2D eigenvalue weighted by atomic mass is 9.97. The van der Waals surface area contributed by atoms with Crippen LogP contribution in [0.25, 0.3) is 0 Å². The Bertz CT molecular complexity index is 668. The zero-order valence-corrected chi connectivity index (χ0v) is 17.6. The summed E-state index contributed by atoms with van der Waals surface area (Å²) in [4.78, 5) is 34.6. The maximum atomic E-state index is 11.6. The molecule has 14 heteroatoms. The van der Waals surface area contributed by atoms with E-state index < -0.39 is 92.5 Å².